The van der Waals surface area contributed by atoms with E-state index < -0.39 is 0 Å². The van der Waals surface area contributed by atoms with Gasteiger partial charge < -0.3 is 0 Å². The Morgan fingerprint density at radius 3 is 2.79 bits per heavy atom. The molecule has 0 saturated carbocycles. The van der Waals surface area contributed by atoms with Gasteiger partial charge >= 0.3 is 0 Å². The van der Waals surface area contributed by atoms with Crippen LogP contribution >= 0.6 is 0 Å². The number of nitrogens with one attached hydrogen (secondary N) is 1. The van der Waals surface area contributed by atoms with Crippen molar-refractivity contribution in [1.82, 2.24) is 9.97 Å². The van der Waals surface area contributed by atoms with Crippen molar-refractivity contribution in [1.29, 1.82) is 0 Å². The molecule has 1 N–H and O–H groups in total. The molecule has 1 rings (SSSR count). The topological polar surface area (TPSA) is 62.5 Å². The minimum absolute atomic E-state index is 0.370. The van der Waals surface area contributed by atoms with E-state index in [2.05, 4.69) is 32.0 Å². The van der Waals surface area contributed by atoms with Gasteiger partial charge in [-0.25, -0.2) is 20.0 Å². The van der Waals surface area contributed by atoms with Crippen LogP contribution in [0.3, 0.4) is 0 Å². The number of allylic oxidation sites excluding steroid dienone is 1. The number of hydrogen-bond donors (Lipinski definition) is 1. The Bertz CT molecular complexity index is 341. The van der Waals surface area contributed by atoms with Crippen molar-refractivity contribution < 1.29 is 0 Å². The van der Waals surface area contributed by atoms with Gasteiger partial charge in [-0.2, -0.15) is 0 Å². The zero-order valence-corrected chi connectivity index (χ0v) is 7.88. The maximum absolute atomic E-state index is 3.97. The summed E-state index contributed by atoms with van der Waals surface area (Å²) in [6.45, 7) is 5.24. The van der Waals surface area contributed by atoms with Crippen LogP contribution in [0.1, 0.15) is 6.92 Å². The van der Waals surface area contributed by atoms with Crippen molar-refractivity contribution >= 4 is 18.6 Å². The summed E-state index contributed by atoms with van der Waals surface area (Å²) in [5.74, 6) is 0.817. The molecule has 5 nitrogen and oxygen atoms in total. The minimum atomic E-state index is 0.370. The normalized spacial score (nSPS) is 11.6. The van der Waals surface area contributed by atoms with E-state index in [4.69, 9.17) is 0 Å². The molecule has 0 fully saturated rings. The van der Waals surface area contributed by atoms with E-state index in [1.54, 1.807) is 30.7 Å². The second-order valence-electron chi connectivity index (χ2n) is 2.29. The first-order valence-corrected chi connectivity index (χ1v) is 4.06. The third kappa shape index (κ3) is 3.14. The van der Waals surface area contributed by atoms with E-state index in [1.807, 2.05) is 6.92 Å². The van der Waals surface area contributed by atoms with E-state index in [1.165, 1.54) is 0 Å². The third-order valence-electron chi connectivity index (χ3n) is 1.29. The molecule has 0 aliphatic carbocycles. The molecule has 0 bridgehead atoms. The van der Waals surface area contributed by atoms with Crippen LogP contribution in [0, 0.1) is 0 Å². The smallest absolute Gasteiger partial charge is 0.229 e. The first-order chi connectivity index (χ1) is 6.86. The molecule has 0 spiro atoms. The predicted molar refractivity (Wildman–Crippen MR) is 57.5 cm³/mol. The number of guanidine groups is 1. The fourth-order valence-corrected chi connectivity index (χ4v) is 0.721. The second kappa shape index (κ2) is 5.58. The van der Waals surface area contributed by atoms with Crippen LogP contribution < -0.4 is 5.32 Å². The Kier molecular flexibility index (Phi) is 4.00. The lowest BCUT2D eigenvalue weighted by atomic mass is 10.7. The average Bonchev–Trinajstić information content (AvgIpc) is 2.25. The lowest BCUT2D eigenvalue weighted by molar-refractivity contribution is 1.17. The fraction of sp³-hybridized carbons (Fsp3) is 0.111. The molecule has 0 aliphatic heterocycles. The average molecular weight is 189 g/mol. The molecule has 1 heterocycles. The summed E-state index contributed by atoms with van der Waals surface area (Å²) in [7, 11) is 0. The minimum Gasteiger partial charge on any atom is -0.293 e. The molecule has 0 aromatic carbocycles. The molecule has 0 aliphatic rings. The standard InChI is InChI=1S/C9H11N5/c1-3-5-11-8(10-2)14-9-12-6-4-7-13-9/h3-7H,2H2,1H3,(H,11,12,13,14). The summed E-state index contributed by atoms with van der Waals surface area (Å²) in [6.07, 6.45) is 6.66. The van der Waals surface area contributed by atoms with Gasteiger partial charge in [0, 0.05) is 18.6 Å². The molecule has 14 heavy (non-hydrogen) atoms. The Labute approximate surface area is 82.3 Å². The number of rotatable bonds is 2. The van der Waals surface area contributed by atoms with Gasteiger partial charge in [-0.1, -0.05) is 6.08 Å². The van der Waals surface area contributed by atoms with Crippen molar-refractivity contribution in [3.05, 3.63) is 30.7 Å². The lowest BCUT2D eigenvalue weighted by Crippen LogP contribution is -2.10. The van der Waals surface area contributed by atoms with Gasteiger partial charge in [-0.05, 0) is 19.7 Å². The van der Waals surface area contributed by atoms with Crippen molar-refractivity contribution in [2.24, 2.45) is 9.98 Å². The van der Waals surface area contributed by atoms with Gasteiger partial charge in [0.15, 0.2) is 0 Å². The lowest BCUT2D eigenvalue weighted by Gasteiger charge is -2.00. The summed E-state index contributed by atoms with van der Waals surface area (Å²) in [5.41, 5.74) is 0. The van der Waals surface area contributed by atoms with Crippen molar-refractivity contribution in [2.45, 2.75) is 6.92 Å². The first-order valence-electron chi connectivity index (χ1n) is 4.06. The van der Waals surface area contributed by atoms with Crippen LogP contribution in [-0.2, 0) is 0 Å². The van der Waals surface area contributed by atoms with Crippen LogP contribution in [0.2, 0.25) is 0 Å². The highest BCUT2D eigenvalue weighted by Crippen LogP contribution is 1.95. The molecule has 0 unspecified atom stereocenters. The summed E-state index contributed by atoms with van der Waals surface area (Å²) in [4.78, 5) is 15.6. The number of nitrogens with zero attached hydrogens (tertiary/aromatic N) is 4. The molecule has 1 aromatic heterocycles. The molecule has 0 saturated heterocycles. The summed E-state index contributed by atoms with van der Waals surface area (Å²) in [5, 5.41) is 2.81. The van der Waals surface area contributed by atoms with Gasteiger partial charge in [0.05, 0.1) is 0 Å². The monoisotopic (exact) mass is 189 g/mol. The molecule has 5 heteroatoms. The van der Waals surface area contributed by atoms with Crippen LogP contribution in [0.4, 0.5) is 5.95 Å². The number of aromatic nitrogens is 2. The van der Waals surface area contributed by atoms with Crippen LogP contribution in [0.5, 0.6) is 0 Å². The van der Waals surface area contributed by atoms with E-state index in [9.17, 15) is 0 Å². The highest BCUT2D eigenvalue weighted by molar-refractivity contribution is 5.95. The molecular formula is C9H11N5. The van der Waals surface area contributed by atoms with Crippen LogP contribution in [-0.4, -0.2) is 22.6 Å². The van der Waals surface area contributed by atoms with Crippen molar-refractivity contribution in [3.8, 4) is 0 Å². The molecule has 0 amide bonds. The Balaban J connectivity index is 2.71. The Morgan fingerprint density at radius 2 is 2.21 bits per heavy atom. The zero-order chi connectivity index (χ0) is 10.2. The SMILES string of the molecule is C=NC(=NC=CC)Nc1ncccn1. The fourth-order valence-electron chi connectivity index (χ4n) is 0.721. The second-order valence-corrected chi connectivity index (χ2v) is 2.29. The van der Waals surface area contributed by atoms with E-state index in [0.29, 0.717) is 11.9 Å². The maximum atomic E-state index is 3.97. The predicted octanol–water partition coefficient (Wildman–Crippen LogP) is 1.48. The zero-order valence-electron chi connectivity index (χ0n) is 7.88. The summed E-state index contributed by atoms with van der Waals surface area (Å²) in [6, 6.07) is 1.73. The van der Waals surface area contributed by atoms with Gasteiger partial charge in [-0.15, -0.1) is 0 Å². The van der Waals surface area contributed by atoms with Crippen molar-refractivity contribution in [2.75, 3.05) is 5.32 Å². The van der Waals surface area contributed by atoms with Gasteiger partial charge in [0.2, 0.25) is 11.9 Å². The first kappa shape index (κ1) is 10.0. The maximum Gasteiger partial charge on any atom is 0.229 e. The van der Waals surface area contributed by atoms with E-state index in [-0.39, 0.29) is 0 Å². The third-order valence-corrected chi connectivity index (χ3v) is 1.29. The quantitative estimate of drug-likeness (QED) is 0.566. The van der Waals surface area contributed by atoms with E-state index >= 15 is 0 Å². The highest BCUT2D eigenvalue weighted by atomic mass is 15.2. The summed E-state index contributed by atoms with van der Waals surface area (Å²) < 4.78 is 0. The van der Waals surface area contributed by atoms with Gasteiger partial charge in [-0.3, -0.25) is 5.32 Å². The number of hydrogen-bond acceptors (Lipinski definition) is 3. The number of anilines is 1. The molecule has 0 radical (unpaired) electrons. The highest BCUT2D eigenvalue weighted by Gasteiger charge is 1.96. The van der Waals surface area contributed by atoms with Gasteiger partial charge in [0.1, 0.15) is 0 Å². The molecular weight excluding hydrogens is 178 g/mol. The van der Waals surface area contributed by atoms with Crippen LogP contribution in [0.25, 0.3) is 0 Å². The van der Waals surface area contributed by atoms with E-state index in [0.717, 1.165) is 0 Å². The molecule has 72 valence electrons. The molecule has 0 atom stereocenters. The Morgan fingerprint density at radius 1 is 1.50 bits per heavy atom. The summed E-state index contributed by atoms with van der Waals surface area (Å²) >= 11 is 0. The van der Waals surface area contributed by atoms with Crippen LogP contribution in [0.15, 0.2) is 40.7 Å². The number of aliphatic imine (C=N–C) groups is 2. The largest absolute Gasteiger partial charge is 0.293 e. The van der Waals surface area contributed by atoms with Gasteiger partial charge in [0.25, 0.3) is 0 Å². The van der Waals surface area contributed by atoms with Crippen molar-refractivity contribution in [3.63, 3.8) is 0 Å². The molecule has 1 aromatic rings. The Hall–Kier alpha value is -2.04.